The molecule has 0 aliphatic heterocycles. The number of halogens is 1. The smallest absolute Gasteiger partial charge is 0.243 e. The van der Waals surface area contributed by atoms with Crippen LogP contribution in [0.5, 0.6) is 0 Å². The van der Waals surface area contributed by atoms with E-state index in [1.165, 1.54) is 18.1 Å². The van der Waals surface area contributed by atoms with Crippen LogP contribution < -0.4 is 26.4 Å². The molecule has 2 heterocycles. The van der Waals surface area contributed by atoms with Crippen molar-refractivity contribution in [3.8, 4) is 0 Å². The Balaban J connectivity index is 0.00000264. The summed E-state index contributed by atoms with van der Waals surface area (Å²) in [6.45, 7) is 0.712. The first-order valence-corrected chi connectivity index (χ1v) is 8.05. The second-order valence-electron chi connectivity index (χ2n) is 5.13. The SMILES string of the molecule is CN(C)c1ncnc(CCSC(=O)CCn2cc[n+](C)c2)n1.[Br-]. The topological polar surface area (TPSA) is 67.8 Å². The summed E-state index contributed by atoms with van der Waals surface area (Å²) in [4.78, 5) is 26.2. The monoisotopic (exact) mass is 400 g/mol. The quantitative estimate of drug-likeness (QED) is 0.477. The standard InChI is InChI=1S/C14H21N6OS.BrH/c1-18(2)14-16-10-15-12(17-14)5-9-22-13(21)4-6-20-8-7-19(3)11-20;/h7-8,10-11H,4-6,9H2,1-3H3;1H/q+1;/p-1. The predicted octanol–water partition coefficient (Wildman–Crippen LogP) is -2.54. The normalized spacial score (nSPS) is 10.2. The second-order valence-corrected chi connectivity index (χ2v) is 6.29. The van der Waals surface area contributed by atoms with E-state index in [0.717, 1.165) is 5.82 Å². The molecule has 0 N–H and O–H groups in total. The average molecular weight is 401 g/mol. The van der Waals surface area contributed by atoms with E-state index in [9.17, 15) is 4.79 Å². The minimum Gasteiger partial charge on any atom is -1.00 e. The number of rotatable bonds is 7. The maximum atomic E-state index is 11.9. The molecule has 0 aliphatic carbocycles. The van der Waals surface area contributed by atoms with Crippen molar-refractivity contribution in [2.75, 3.05) is 24.7 Å². The Morgan fingerprint density at radius 1 is 1.39 bits per heavy atom. The van der Waals surface area contributed by atoms with E-state index in [0.29, 0.717) is 31.1 Å². The maximum Gasteiger partial charge on any atom is 0.243 e. The summed E-state index contributed by atoms with van der Waals surface area (Å²) in [5, 5.41) is 0.193. The highest BCUT2D eigenvalue weighted by Gasteiger charge is 2.08. The van der Waals surface area contributed by atoms with Gasteiger partial charge in [-0.05, 0) is 0 Å². The first-order valence-electron chi connectivity index (χ1n) is 7.06. The van der Waals surface area contributed by atoms with Crippen LogP contribution in [-0.4, -0.2) is 44.5 Å². The fourth-order valence-corrected chi connectivity index (χ4v) is 2.59. The lowest BCUT2D eigenvalue weighted by Crippen LogP contribution is -3.00. The summed E-state index contributed by atoms with van der Waals surface area (Å²) in [5.41, 5.74) is 0. The van der Waals surface area contributed by atoms with Gasteiger partial charge in [0, 0.05) is 26.3 Å². The molecule has 2 rings (SSSR count). The highest BCUT2D eigenvalue weighted by Crippen LogP contribution is 2.09. The third-order valence-electron chi connectivity index (χ3n) is 3.00. The molecule has 0 aromatic carbocycles. The lowest BCUT2D eigenvalue weighted by molar-refractivity contribution is -0.671. The molecule has 0 spiro atoms. The summed E-state index contributed by atoms with van der Waals surface area (Å²) in [6.07, 6.45) is 8.59. The molecule has 0 amide bonds. The Morgan fingerprint density at radius 3 is 2.83 bits per heavy atom. The van der Waals surface area contributed by atoms with Crippen LogP contribution in [0, 0.1) is 0 Å². The van der Waals surface area contributed by atoms with Crippen molar-refractivity contribution < 1.29 is 26.3 Å². The molecule has 0 aliphatic rings. The van der Waals surface area contributed by atoms with Gasteiger partial charge in [0.05, 0.1) is 20.0 Å². The number of carbonyl (C=O) groups excluding carboxylic acids is 1. The Morgan fingerprint density at radius 2 is 2.17 bits per heavy atom. The second kappa shape index (κ2) is 9.61. The van der Waals surface area contributed by atoms with Gasteiger partial charge >= 0.3 is 0 Å². The molecule has 0 radical (unpaired) electrons. The first kappa shape index (κ1) is 19.6. The van der Waals surface area contributed by atoms with Crippen LogP contribution >= 0.6 is 11.8 Å². The molecular weight excluding hydrogens is 380 g/mol. The van der Waals surface area contributed by atoms with Crippen LogP contribution in [0.2, 0.25) is 0 Å². The Kier molecular flexibility index (Phi) is 8.18. The number of carbonyl (C=O) groups is 1. The molecule has 0 saturated carbocycles. The Labute approximate surface area is 150 Å². The van der Waals surface area contributed by atoms with Crippen molar-refractivity contribution in [2.45, 2.75) is 19.4 Å². The van der Waals surface area contributed by atoms with Gasteiger partial charge in [0.15, 0.2) is 5.12 Å². The van der Waals surface area contributed by atoms with Crippen molar-refractivity contribution in [3.63, 3.8) is 0 Å². The summed E-state index contributed by atoms with van der Waals surface area (Å²) >= 11 is 1.34. The zero-order valence-electron chi connectivity index (χ0n) is 13.5. The molecule has 0 unspecified atom stereocenters. The molecule has 2 aromatic heterocycles. The van der Waals surface area contributed by atoms with Gasteiger partial charge in [0.25, 0.3) is 0 Å². The number of hydrogen-bond donors (Lipinski definition) is 0. The fourth-order valence-electron chi connectivity index (χ4n) is 1.84. The van der Waals surface area contributed by atoms with Gasteiger partial charge in [-0.2, -0.15) is 4.98 Å². The van der Waals surface area contributed by atoms with E-state index >= 15 is 0 Å². The van der Waals surface area contributed by atoms with Gasteiger partial charge in [-0.25, -0.2) is 19.1 Å². The highest BCUT2D eigenvalue weighted by atomic mass is 79.9. The van der Waals surface area contributed by atoms with E-state index in [1.54, 1.807) is 0 Å². The van der Waals surface area contributed by atoms with Crippen molar-refractivity contribution >= 4 is 22.8 Å². The minimum absolute atomic E-state index is 0. The first-order chi connectivity index (χ1) is 10.5. The van der Waals surface area contributed by atoms with E-state index in [2.05, 4.69) is 15.0 Å². The molecular formula is C14H21BrN6OS. The number of anilines is 1. The number of nitrogens with zero attached hydrogens (tertiary/aromatic N) is 6. The van der Waals surface area contributed by atoms with E-state index in [1.807, 2.05) is 53.9 Å². The summed E-state index contributed by atoms with van der Waals surface area (Å²) in [7, 11) is 5.74. The number of imidazole rings is 1. The van der Waals surface area contributed by atoms with Crippen LogP contribution in [0.4, 0.5) is 5.95 Å². The molecule has 0 atom stereocenters. The fraction of sp³-hybridized carbons (Fsp3) is 0.500. The summed E-state index contributed by atoms with van der Waals surface area (Å²) in [5.74, 6) is 2.05. The number of aryl methyl sites for hydroxylation is 3. The van der Waals surface area contributed by atoms with Crippen LogP contribution in [0.1, 0.15) is 12.2 Å². The van der Waals surface area contributed by atoms with Gasteiger partial charge < -0.3 is 21.9 Å². The van der Waals surface area contributed by atoms with Crippen molar-refractivity contribution in [2.24, 2.45) is 7.05 Å². The molecule has 2 aromatic rings. The lowest BCUT2D eigenvalue weighted by atomic mass is 10.4. The third-order valence-corrected chi connectivity index (χ3v) is 3.93. The number of thioether (sulfide) groups is 1. The van der Waals surface area contributed by atoms with Crippen LogP contribution in [0.15, 0.2) is 25.0 Å². The zero-order chi connectivity index (χ0) is 15.9. The largest absolute Gasteiger partial charge is 1.00 e. The van der Waals surface area contributed by atoms with E-state index in [-0.39, 0.29) is 22.1 Å². The van der Waals surface area contributed by atoms with Crippen LogP contribution in [-0.2, 0) is 24.8 Å². The van der Waals surface area contributed by atoms with Gasteiger partial charge in [-0.1, -0.05) is 11.8 Å². The summed E-state index contributed by atoms with van der Waals surface area (Å²) in [6, 6.07) is 0. The van der Waals surface area contributed by atoms with Gasteiger partial charge in [0.1, 0.15) is 24.5 Å². The third kappa shape index (κ3) is 6.66. The average Bonchev–Trinajstić information content (AvgIpc) is 2.91. The number of hydrogen-bond acceptors (Lipinski definition) is 6. The minimum atomic E-state index is 0. The Hall–Kier alpha value is -1.48. The maximum absolute atomic E-state index is 11.9. The number of aromatic nitrogens is 5. The zero-order valence-corrected chi connectivity index (χ0v) is 15.9. The predicted molar refractivity (Wildman–Crippen MR) is 85.5 cm³/mol. The van der Waals surface area contributed by atoms with Gasteiger partial charge in [-0.15, -0.1) is 0 Å². The summed E-state index contributed by atoms with van der Waals surface area (Å²) < 4.78 is 3.97. The molecule has 126 valence electrons. The van der Waals surface area contributed by atoms with E-state index < -0.39 is 0 Å². The van der Waals surface area contributed by atoms with Crippen molar-refractivity contribution in [1.29, 1.82) is 0 Å². The molecule has 23 heavy (non-hydrogen) atoms. The lowest BCUT2D eigenvalue weighted by Gasteiger charge is -2.09. The molecule has 9 heteroatoms. The highest BCUT2D eigenvalue weighted by molar-refractivity contribution is 8.13. The Bertz CT molecular complexity index is 633. The molecule has 7 nitrogen and oxygen atoms in total. The van der Waals surface area contributed by atoms with Gasteiger partial charge in [-0.3, -0.25) is 4.79 Å². The van der Waals surface area contributed by atoms with Crippen LogP contribution in [0.25, 0.3) is 0 Å². The van der Waals surface area contributed by atoms with Crippen molar-refractivity contribution in [3.05, 3.63) is 30.9 Å². The van der Waals surface area contributed by atoms with Gasteiger partial charge in [0.2, 0.25) is 12.3 Å². The van der Waals surface area contributed by atoms with E-state index in [4.69, 9.17) is 0 Å². The molecule has 0 bridgehead atoms. The molecule has 0 fully saturated rings. The van der Waals surface area contributed by atoms with Crippen molar-refractivity contribution in [1.82, 2.24) is 19.5 Å². The molecule has 0 saturated heterocycles. The van der Waals surface area contributed by atoms with Crippen LogP contribution in [0.3, 0.4) is 0 Å².